The van der Waals surface area contributed by atoms with Gasteiger partial charge in [0.15, 0.2) is 0 Å². The number of nitrogens with one attached hydrogen (secondary N) is 3. The lowest BCUT2D eigenvalue weighted by atomic mass is 10.1. The fourth-order valence-corrected chi connectivity index (χ4v) is 1.39. The smallest absolute Gasteiger partial charge is 0.411 e. The first-order valence-electron chi connectivity index (χ1n) is 6.09. The van der Waals surface area contributed by atoms with E-state index in [0.29, 0.717) is 0 Å². The number of ketones is 1. The molecule has 0 aliphatic heterocycles. The number of hydrazine groups is 1. The van der Waals surface area contributed by atoms with Crippen LogP contribution in [0.5, 0.6) is 0 Å². The van der Waals surface area contributed by atoms with Gasteiger partial charge in [-0.1, -0.05) is 12.1 Å². The van der Waals surface area contributed by atoms with Crippen LogP contribution in [0.15, 0.2) is 24.3 Å². The Labute approximate surface area is 120 Å². The van der Waals surface area contributed by atoms with E-state index in [9.17, 15) is 19.2 Å². The predicted molar refractivity (Wildman–Crippen MR) is 73.4 cm³/mol. The van der Waals surface area contributed by atoms with Crippen molar-refractivity contribution in [1.82, 2.24) is 10.9 Å². The molecule has 0 saturated carbocycles. The number of hydrogen-bond donors (Lipinski definition) is 3. The minimum absolute atomic E-state index is 0.0200. The fraction of sp³-hybridized carbons (Fsp3) is 0.231. The first kappa shape index (κ1) is 16.2. The Hall–Kier alpha value is -2.90. The lowest BCUT2D eigenvalue weighted by molar-refractivity contribution is -0.125. The Morgan fingerprint density at radius 1 is 1.10 bits per heavy atom. The Morgan fingerprint density at radius 3 is 2.38 bits per heavy atom. The lowest BCUT2D eigenvalue weighted by Crippen LogP contribution is -2.44. The van der Waals surface area contributed by atoms with Gasteiger partial charge < -0.3 is 4.74 Å². The van der Waals surface area contributed by atoms with Crippen LogP contribution in [-0.4, -0.2) is 30.3 Å². The summed E-state index contributed by atoms with van der Waals surface area (Å²) in [5, 5.41) is 2.36. The second kappa shape index (κ2) is 7.63. The molecule has 0 aliphatic carbocycles. The van der Waals surface area contributed by atoms with Crippen molar-refractivity contribution in [2.75, 3.05) is 11.9 Å². The number of rotatable bonds is 4. The van der Waals surface area contributed by atoms with Gasteiger partial charge in [-0.2, -0.15) is 0 Å². The Balaban J connectivity index is 2.86. The van der Waals surface area contributed by atoms with Crippen molar-refractivity contribution in [1.29, 1.82) is 0 Å². The molecule has 0 bridgehead atoms. The summed E-state index contributed by atoms with van der Waals surface area (Å²) >= 11 is 0. The molecule has 1 aromatic carbocycles. The summed E-state index contributed by atoms with van der Waals surface area (Å²) in [6.07, 6.45) is -0.736. The van der Waals surface area contributed by atoms with Gasteiger partial charge in [0.1, 0.15) is 0 Å². The predicted octanol–water partition coefficient (Wildman–Crippen LogP) is 0.605. The van der Waals surface area contributed by atoms with Crippen LogP contribution in [0, 0.1) is 0 Å². The number of para-hydroxylation sites is 1. The number of carbonyl (C=O) groups excluding carboxylic acids is 4. The molecule has 1 aromatic rings. The van der Waals surface area contributed by atoms with Crippen molar-refractivity contribution >= 4 is 29.4 Å². The molecule has 21 heavy (non-hydrogen) atoms. The monoisotopic (exact) mass is 293 g/mol. The van der Waals surface area contributed by atoms with E-state index in [1.54, 1.807) is 13.0 Å². The molecule has 1 rings (SSSR count). The van der Waals surface area contributed by atoms with Crippen molar-refractivity contribution in [3.8, 4) is 0 Å². The summed E-state index contributed by atoms with van der Waals surface area (Å²) in [5.74, 6) is -2.45. The molecule has 3 amide bonds. The molecule has 3 N–H and O–H groups in total. The van der Waals surface area contributed by atoms with Gasteiger partial charge in [-0.15, -0.1) is 0 Å². The Morgan fingerprint density at radius 2 is 1.76 bits per heavy atom. The van der Waals surface area contributed by atoms with Crippen molar-refractivity contribution < 1.29 is 23.9 Å². The summed E-state index contributed by atoms with van der Waals surface area (Å²) in [5.41, 5.74) is 4.08. The SMILES string of the molecule is CCOC(=O)Nc1ccccc1C(=O)C(=O)NNC(C)=O. The van der Waals surface area contributed by atoms with Gasteiger partial charge >= 0.3 is 12.0 Å². The molecule has 0 spiro atoms. The van der Waals surface area contributed by atoms with Crippen LogP contribution in [0.3, 0.4) is 0 Å². The molecule has 0 unspecified atom stereocenters. The molecule has 8 nitrogen and oxygen atoms in total. The topological polar surface area (TPSA) is 114 Å². The average molecular weight is 293 g/mol. The quantitative estimate of drug-likeness (QED) is 0.427. The van der Waals surface area contributed by atoms with Gasteiger partial charge in [-0.05, 0) is 19.1 Å². The molecular formula is C13H15N3O5. The highest BCUT2D eigenvalue weighted by molar-refractivity contribution is 6.44. The first-order chi connectivity index (χ1) is 9.95. The second-order valence-corrected chi connectivity index (χ2v) is 3.86. The zero-order valence-corrected chi connectivity index (χ0v) is 11.6. The van der Waals surface area contributed by atoms with Crippen molar-refractivity contribution in [2.24, 2.45) is 0 Å². The maximum atomic E-state index is 12.0. The molecule has 0 heterocycles. The molecule has 8 heteroatoms. The van der Waals surface area contributed by atoms with Crippen LogP contribution in [0.25, 0.3) is 0 Å². The minimum Gasteiger partial charge on any atom is -0.450 e. The lowest BCUT2D eigenvalue weighted by Gasteiger charge is -2.10. The number of ether oxygens (including phenoxy) is 1. The largest absolute Gasteiger partial charge is 0.450 e. The van der Waals surface area contributed by atoms with Gasteiger partial charge in [0.2, 0.25) is 5.91 Å². The highest BCUT2D eigenvalue weighted by Gasteiger charge is 2.20. The van der Waals surface area contributed by atoms with Gasteiger partial charge in [0.25, 0.3) is 5.78 Å². The zero-order valence-electron chi connectivity index (χ0n) is 11.6. The Bertz CT molecular complexity index is 571. The van der Waals surface area contributed by atoms with E-state index in [4.69, 9.17) is 4.74 Å². The van der Waals surface area contributed by atoms with E-state index in [-0.39, 0.29) is 17.9 Å². The van der Waals surface area contributed by atoms with E-state index in [2.05, 4.69) is 5.32 Å². The standard InChI is InChI=1S/C13H15N3O5/c1-3-21-13(20)14-10-7-5-4-6-9(10)11(18)12(19)16-15-8(2)17/h4-7H,3H2,1-2H3,(H,14,20)(H,15,17)(H,16,19). The summed E-state index contributed by atoms with van der Waals surface area (Å²) < 4.78 is 4.70. The van der Waals surface area contributed by atoms with Gasteiger partial charge in [0, 0.05) is 6.92 Å². The molecule has 0 atom stereocenters. The number of carbonyl (C=O) groups is 4. The molecule has 0 radical (unpaired) electrons. The van der Waals surface area contributed by atoms with Crippen LogP contribution >= 0.6 is 0 Å². The van der Waals surface area contributed by atoms with Crippen molar-refractivity contribution in [2.45, 2.75) is 13.8 Å². The highest BCUT2D eigenvalue weighted by Crippen LogP contribution is 2.16. The summed E-state index contributed by atoms with van der Waals surface area (Å²) in [4.78, 5) is 45.6. The van der Waals surface area contributed by atoms with E-state index in [0.717, 1.165) is 0 Å². The number of amides is 3. The number of Topliss-reactive ketones (excluding diaryl/α,β-unsaturated/α-hetero) is 1. The molecule has 0 fully saturated rings. The zero-order chi connectivity index (χ0) is 15.8. The molecular weight excluding hydrogens is 278 g/mol. The van der Waals surface area contributed by atoms with Crippen LogP contribution in [0.1, 0.15) is 24.2 Å². The summed E-state index contributed by atoms with van der Waals surface area (Å²) in [6.45, 7) is 2.99. The van der Waals surface area contributed by atoms with Crippen LogP contribution in [0.2, 0.25) is 0 Å². The third kappa shape index (κ3) is 4.94. The van der Waals surface area contributed by atoms with Crippen LogP contribution in [0.4, 0.5) is 10.5 Å². The van der Waals surface area contributed by atoms with E-state index >= 15 is 0 Å². The molecule has 0 saturated heterocycles. The van der Waals surface area contributed by atoms with Crippen molar-refractivity contribution in [3.05, 3.63) is 29.8 Å². The maximum Gasteiger partial charge on any atom is 0.411 e. The average Bonchev–Trinajstić information content (AvgIpc) is 2.44. The Kier molecular flexibility index (Phi) is 5.87. The molecule has 0 aromatic heterocycles. The third-order valence-corrected chi connectivity index (χ3v) is 2.24. The summed E-state index contributed by atoms with van der Waals surface area (Å²) in [6, 6.07) is 5.95. The number of hydrogen-bond acceptors (Lipinski definition) is 5. The van der Waals surface area contributed by atoms with E-state index in [1.165, 1.54) is 25.1 Å². The molecule has 0 aliphatic rings. The van der Waals surface area contributed by atoms with E-state index in [1.807, 2.05) is 10.9 Å². The molecule has 112 valence electrons. The number of anilines is 1. The second-order valence-electron chi connectivity index (χ2n) is 3.86. The highest BCUT2D eigenvalue weighted by atomic mass is 16.5. The normalized spacial score (nSPS) is 9.43. The van der Waals surface area contributed by atoms with Gasteiger partial charge in [-0.3, -0.25) is 30.6 Å². The number of benzene rings is 1. The summed E-state index contributed by atoms with van der Waals surface area (Å²) in [7, 11) is 0. The fourth-order valence-electron chi connectivity index (χ4n) is 1.39. The maximum absolute atomic E-state index is 12.0. The first-order valence-corrected chi connectivity index (χ1v) is 6.09. The van der Waals surface area contributed by atoms with Crippen LogP contribution < -0.4 is 16.2 Å². The van der Waals surface area contributed by atoms with E-state index < -0.39 is 23.7 Å². The van der Waals surface area contributed by atoms with Crippen LogP contribution in [-0.2, 0) is 14.3 Å². The van der Waals surface area contributed by atoms with Crippen molar-refractivity contribution in [3.63, 3.8) is 0 Å². The minimum atomic E-state index is -1.02. The van der Waals surface area contributed by atoms with Gasteiger partial charge in [-0.25, -0.2) is 4.79 Å². The van der Waals surface area contributed by atoms with Gasteiger partial charge in [0.05, 0.1) is 17.9 Å². The third-order valence-electron chi connectivity index (χ3n) is 2.24.